The number of nitrogens with zero attached hydrogens (tertiary/aromatic N) is 3. The van der Waals surface area contributed by atoms with E-state index in [1.165, 1.54) is 5.96 Å². The summed E-state index contributed by atoms with van der Waals surface area (Å²) >= 11 is 0. The first kappa shape index (κ1) is 15.5. The van der Waals surface area contributed by atoms with Gasteiger partial charge >= 0.3 is 0 Å². The van der Waals surface area contributed by atoms with E-state index in [2.05, 4.69) is 57.1 Å². The molecular formula is C12H29N3Si. The van der Waals surface area contributed by atoms with E-state index in [0.717, 1.165) is 26.2 Å². The van der Waals surface area contributed by atoms with Crippen LogP contribution in [-0.4, -0.2) is 50.2 Å². The van der Waals surface area contributed by atoms with Crippen molar-refractivity contribution in [2.24, 2.45) is 4.66 Å². The highest BCUT2D eigenvalue weighted by Gasteiger charge is 2.19. The normalized spacial score (nSPS) is 11.2. The van der Waals surface area contributed by atoms with Crippen LogP contribution < -0.4 is 0 Å². The standard InChI is InChI=1S/C12H29N3Si/c1-8-14(9-2)12(13-16(5,6)7)15(10-3)11-4/h8-11H2,1-7H3. The van der Waals surface area contributed by atoms with E-state index in [4.69, 9.17) is 4.66 Å². The minimum atomic E-state index is -1.41. The Morgan fingerprint density at radius 3 is 1.31 bits per heavy atom. The monoisotopic (exact) mass is 243 g/mol. The predicted molar refractivity (Wildman–Crippen MR) is 76.6 cm³/mol. The molecule has 0 saturated heterocycles. The summed E-state index contributed by atoms with van der Waals surface area (Å²) in [6.07, 6.45) is 0. The second-order valence-electron chi connectivity index (χ2n) is 4.93. The van der Waals surface area contributed by atoms with Crippen LogP contribution in [0.1, 0.15) is 27.7 Å². The van der Waals surface area contributed by atoms with Crippen molar-refractivity contribution in [3.8, 4) is 0 Å². The Morgan fingerprint density at radius 1 is 0.812 bits per heavy atom. The van der Waals surface area contributed by atoms with Gasteiger partial charge in [0.25, 0.3) is 0 Å². The minimum absolute atomic E-state index is 1.04. The zero-order valence-electron chi connectivity index (χ0n) is 12.2. The van der Waals surface area contributed by atoms with Crippen molar-refractivity contribution in [1.82, 2.24) is 9.80 Å². The van der Waals surface area contributed by atoms with Crippen molar-refractivity contribution >= 4 is 14.2 Å². The first-order chi connectivity index (χ1) is 7.39. The van der Waals surface area contributed by atoms with E-state index in [-0.39, 0.29) is 0 Å². The summed E-state index contributed by atoms with van der Waals surface area (Å²) in [5, 5.41) is 0. The minimum Gasteiger partial charge on any atom is -0.344 e. The van der Waals surface area contributed by atoms with Gasteiger partial charge in [0, 0.05) is 26.2 Å². The van der Waals surface area contributed by atoms with Crippen molar-refractivity contribution in [3.63, 3.8) is 0 Å². The molecule has 0 fully saturated rings. The molecule has 0 bridgehead atoms. The van der Waals surface area contributed by atoms with E-state index in [9.17, 15) is 0 Å². The molecule has 0 spiro atoms. The molecule has 0 N–H and O–H groups in total. The van der Waals surface area contributed by atoms with Gasteiger partial charge in [0.05, 0.1) is 0 Å². The Bertz CT molecular complexity index is 199. The third-order valence-electron chi connectivity index (χ3n) is 2.53. The lowest BCUT2D eigenvalue weighted by molar-refractivity contribution is 0.352. The number of hydrogen-bond acceptors (Lipinski definition) is 1. The average molecular weight is 243 g/mol. The van der Waals surface area contributed by atoms with Crippen LogP contribution in [0, 0.1) is 0 Å². The summed E-state index contributed by atoms with van der Waals surface area (Å²) in [5.74, 6) is 1.20. The van der Waals surface area contributed by atoms with Gasteiger partial charge in [-0.25, -0.2) is 0 Å². The zero-order chi connectivity index (χ0) is 12.8. The molecule has 0 heterocycles. The molecule has 0 aliphatic carbocycles. The molecule has 0 radical (unpaired) electrons. The van der Waals surface area contributed by atoms with Gasteiger partial charge in [0.2, 0.25) is 0 Å². The van der Waals surface area contributed by atoms with Gasteiger partial charge in [-0.05, 0) is 47.3 Å². The van der Waals surface area contributed by atoms with Gasteiger partial charge < -0.3 is 9.80 Å². The molecule has 0 atom stereocenters. The topological polar surface area (TPSA) is 18.8 Å². The highest BCUT2D eigenvalue weighted by Crippen LogP contribution is 2.08. The second kappa shape index (κ2) is 6.94. The van der Waals surface area contributed by atoms with Gasteiger partial charge in [-0.1, -0.05) is 0 Å². The fraction of sp³-hybridized carbons (Fsp3) is 0.917. The molecule has 0 aliphatic rings. The van der Waals surface area contributed by atoms with Crippen LogP contribution in [0.4, 0.5) is 0 Å². The summed E-state index contributed by atoms with van der Waals surface area (Å²) in [6.45, 7) is 19.8. The summed E-state index contributed by atoms with van der Waals surface area (Å²) < 4.78 is 5.00. The Kier molecular flexibility index (Phi) is 6.72. The molecule has 0 aliphatic heterocycles. The summed E-state index contributed by atoms with van der Waals surface area (Å²) in [4.78, 5) is 4.73. The highest BCUT2D eigenvalue weighted by atomic mass is 28.3. The molecule has 4 heteroatoms. The van der Waals surface area contributed by atoms with Crippen molar-refractivity contribution < 1.29 is 0 Å². The first-order valence-electron chi connectivity index (χ1n) is 6.49. The van der Waals surface area contributed by atoms with E-state index in [1.54, 1.807) is 0 Å². The molecule has 0 unspecified atom stereocenters. The van der Waals surface area contributed by atoms with Crippen LogP contribution in [0.25, 0.3) is 0 Å². The fourth-order valence-electron chi connectivity index (χ4n) is 1.65. The van der Waals surface area contributed by atoms with Crippen LogP contribution in [0.15, 0.2) is 4.66 Å². The smallest absolute Gasteiger partial charge is 0.187 e. The van der Waals surface area contributed by atoms with Gasteiger partial charge in [-0.15, -0.1) is 0 Å². The van der Waals surface area contributed by atoms with E-state index in [0.29, 0.717) is 0 Å². The Labute approximate surface area is 103 Å². The largest absolute Gasteiger partial charge is 0.344 e. The Morgan fingerprint density at radius 2 is 1.12 bits per heavy atom. The third-order valence-corrected chi connectivity index (χ3v) is 3.40. The van der Waals surface area contributed by atoms with Crippen LogP contribution in [0.2, 0.25) is 19.6 Å². The van der Waals surface area contributed by atoms with E-state index < -0.39 is 8.24 Å². The lowest BCUT2D eigenvalue weighted by Crippen LogP contribution is -2.46. The summed E-state index contributed by atoms with van der Waals surface area (Å²) in [7, 11) is -1.41. The van der Waals surface area contributed by atoms with Gasteiger partial charge in [0.1, 0.15) is 0 Å². The van der Waals surface area contributed by atoms with Crippen LogP contribution in [-0.2, 0) is 0 Å². The predicted octanol–water partition coefficient (Wildman–Crippen LogP) is 2.86. The van der Waals surface area contributed by atoms with E-state index in [1.807, 2.05) is 0 Å². The van der Waals surface area contributed by atoms with Crippen molar-refractivity contribution in [3.05, 3.63) is 0 Å². The van der Waals surface area contributed by atoms with Crippen molar-refractivity contribution in [2.75, 3.05) is 26.2 Å². The van der Waals surface area contributed by atoms with Crippen molar-refractivity contribution in [1.29, 1.82) is 0 Å². The quantitative estimate of drug-likeness (QED) is 0.420. The maximum absolute atomic E-state index is 5.00. The Hall–Kier alpha value is -0.513. The fourth-order valence-corrected chi connectivity index (χ4v) is 2.54. The summed E-state index contributed by atoms with van der Waals surface area (Å²) in [5.41, 5.74) is 0. The number of hydrogen-bond donors (Lipinski definition) is 0. The van der Waals surface area contributed by atoms with Crippen LogP contribution in [0.5, 0.6) is 0 Å². The lowest BCUT2D eigenvalue weighted by Gasteiger charge is -2.33. The molecule has 16 heavy (non-hydrogen) atoms. The molecule has 0 aromatic rings. The second-order valence-corrected chi connectivity index (χ2v) is 9.49. The zero-order valence-corrected chi connectivity index (χ0v) is 13.2. The van der Waals surface area contributed by atoms with Crippen LogP contribution in [0.3, 0.4) is 0 Å². The lowest BCUT2D eigenvalue weighted by atomic mass is 10.4. The molecule has 96 valence electrons. The SMILES string of the molecule is CCN(CC)C(=N[Si](C)(C)C)N(CC)CC. The number of guanidine groups is 1. The Balaban J connectivity index is 5.10. The maximum Gasteiger partial charge on any atom is 0.187 e. The maximum atomic E-state index is 5.00. The van der Waals surface area contributed by atoms with Gasteiger partial charge in [-0.2, -0.15) is 0 Å². The van der Waals surface area contributed by atoms with Gasteiger partial charge in [-0.3, -0.25) is 4.66 Å². The molecular weight excluding hydrogens is 214 g/mol. The molecule has 0 rings (SSSR count). The molecule has 0 aromatic carbocycles. The van der Waals surface area contributed by atoms with Crippen molar-refractivity contribution in [2.45, 2.75) is 47.3 Å². The molecule has 0 aromatic heterocycles. The van der Waals surface area contributed by atoms with E-state index >= 15 is 0 Å². The molecule has 3 nitrogen and oxygen atoms in total. The average Bonchev–Trinajstić information content (AvgIpc) is 2.19. The van der Waals surface area contributed by atoms with Crippen LogP contribution >= 0.6 is 0 Å². The first-order valence-corrected chi connectivity index (χ1v) is 9.93. The summed E-state index contributed by atoms with van der Waals surface area (Å²) in [6, 6.07) is 0. The van der Waals surface area contributed by atoms with Gasteiger partial charge in [0.15, 0.2) is 14.2 Å². The molecule has 0 saturated carbocycles. The highest BCUT2D eigenvalue weighted by molar-refractivity contribution is 6.75. The molecule has 0 amide bonds. The number of rotatable bonds is 5. The third kappa shape index (κ3) is 5.01.